The number of hydrogen-bond acceptors (Lipinski definition) is 5. The van der Waals surface area contributed by atoms with E-state index in [2.05, 4.69) is 56.1 Å². The molecule has 0 unspecified atom stereocenters. The predicted molar refractivity (Wildman–Crippen MR) is 127 cm³/mol. The molecular formula is C20H30IN7. The largest absolute Gasteiger partial charge is 0.370 e. The Hall–Kier alpha value is -1.94. The number of halogens is 1. The minimum absolute atomic E-state index is 0. The van der Waals surface area contributed by atoms with Gasteiger partial charge in [0.1, 0.15) is 0 Å². The van der Waals surface area contributed by atoms with Gasteiger partial charge < -0.3 is 16.0 Å². The second-order valence-corrected chi connectivity index (χ2v) is 6.92. The first-order chi connectivity index (χ1) is 13.1. The number of nitrogens with two attached hydrogens (primary N) is 1. The molecule has 2 heterocycles. The molecule has 2 aromatic rings. The first-order valence-corrected chi connectivity index (χ1v) is 9.50. The lowest BCUT2D eigenvalue weighted by molar-refractivity contribution is 0.255. The second-order valence-electron chi connectivity index (χ2n) is 6.92. The lowest BCUT2D eigenvalue weighted by Crippen LogP contribution is -2.47. The summed E-state index contributed by atoms with van der Waals surface area (Å²) in [6.07, 6.45) is 4.59. The molecule has 28 heavy (non-hydrogen) atoms. The van der Waals surface area contributed by atoms with Crippen LogP contribution in [0.3, 0.4) is 0 Å². The van der Waals surface area contributed by atoms with Gasteiger partial charge in [-0.25, -0.2) is 9.97 Å². The lowest BCUT2D eigenvalue weighted by atomic mass is 10.1. The van der Waals surface area contributed by atoms with E-state index in [1.807, 2.05) is 12.1 Å². The van der Waals surface area contributed by atoms with Gasteiger partial charge >= 0.3 is 0 Å². The van der Waals surface area contributed by atoms with E-state index in [0.29, 0.717) is 5.96 Å². The molecule has 3 rings (SSSR count). The molecule has 1 aromatic carbocycles. The Morgan fingerprint density at radius 2 is 1.82 bits per heavy atom. The van der Waals surface area contributed by atoms with Crippen LogP contribution in [-0.4, -0.2) is 60.1 Å². The molecule has 1 saturated heterocycles. The van der Waals surface area contributed by atoms with Gasteiger partial charge in [0.15, 0.2) is 5.96 Å². The highest BCUT2D eigenvalue weighted by Gasteiger charge is 2.17. The summed E-state index contributed by atoms with van der Waals surface area (Å²) in [6.45, 7) is 9.93. The zero-order valence-corrected chi connectivity index (χ0v) is 19.0. The van der Waals surface area contributed by atoms with Gasteiger partial charge in [-0.15, -0.1) is 24.0 Å². The summed E-state index contributed by atoms with van der Waals surface area (Å²) in [5.74, 6) is 1.30. The van der Waals surface area contributed by atoms with Crippen LogP contribution in [-0.2, 0) is 0 Å². The van der Waals surface area contributed by atoms with Crippen LogP contribution in [0.1, 0.15) is 17.5 Å². The first kappa shape index (κ1) is 22.4. The van der Waals surface area contributed by atoms with Crippen LogP contribution < -0.4 is 16.0 Å². The highest BCUT2D eigenvalue weighted by atomic mass is 127. The topological polar surface area (TPSA) is 82.7 Å². The maximum Gasteiger partial charge on any atom is 0.225 e. The zero-order valence-electron chi connectivity index (χ0n) is 16.6. The number of nitrogens with one attached hydrogen (secondary N) is 1. The Bertz CT molecular complexity index is 758. The molecule has 1 aliphatic heterocycles. The van der Waals surface area contributed by atoms with Crippen LogP contribution in [0.5, 0.6) is 0 Å². The summed E-state index contributed by atoms with van der Waals surface area (Å²) >= 11 is 0. The number of guanidine groups is 1. The number of piperazine rings is 1. The van der Waals surface area contributed by atoms with Crippen LogP contribution in [0.15, 0.2) is 41.7 Å². The lowest BCUT2D eigenvalue weighted by Gasteiger charge is -2.34. The predicted octanol–water partition coefficient (Wildman–Crippen LogP) is 2.65. The summed E-state index contributed by atoms with van der Waals surface area (Å²) in [7, 11) is 0. The van der Waals surface area contributed by atoms with E-state index in [4.69, 9.17) is 5.73 Å². The van der Waals surface area contributed by atoms with E-state index in [0.717, 1.165) is 57.3 Å². The van der Waals surface area contributed by atoms with Gasteiger partial charge in [0, 0.05) is 57.3 Å². The van der Waals surface area contributed by atoms with Crippen molar-refractivity contribution in [3.05, 3.63) is 47.8 Å². The molecule has 1 aromatic heterocycles. The van der Waals surface area contributed by atoms with Crippen LogP contribution in [0.2, 0.25) is 0 Å². The van der Waals surface area contributed by atoms with E-state index in [9.17, 15) is 0 Å². The van der Waals surface area contributed by atoms with Crippen LogP contribution in [0.4, 0.5) is 11.6 Å². The molecule has 1 fully saturated rings. The SMILES string of the molecule is Cc1ccc(NC(N)=NCCCN2CCN(c3ncccn3)CC2)cc1C.I. The standard InChI is InChI=1S/C20H29N7.HI/c1-16-5-6-18(15-17(16)2)25-19(21)22-9-4-10-26-11-13-27(14-12-26)20-23-7-3-8-24-20;/h3,5-8,15H,4,9-14H2,1-2H3,(H3,21,22,25);1H. The molecule has 0 bridgehead atoms. The normalized spacial score (nSPS) is 15.2. The molecule has 0 spiro atoms. The first-order valence-electron chi connectivity index (χ1n) is 9.50. The van der Waals surface area contributed by atoms with Crippen LogP contribution >= 0.6 is 24.0 Å². The third-order valence-electron chi connectivity index (χ3n) is 4.90. The van der Waals surface area contributed by atoms with E-state index in [1.54, 1.807) is 12.4 Å². The smallest absolute Gasteiger partial charge is 0.225 e. The van der Waals surface area contributed by atoms with Gasteiger partial charge in [-0.1, -0.05) is 6.07 Å². The van der Waals surface area contributed by atoms with Crippen molar-refractivity contribution in [2.75, 3.05) is 49.5 Å². The number of nitrogens with zero attached hydrogens (tertiary/aromatic N) is 5. The Morgan fingerprint density at radius 1 is 1.11 bits per heavy atom. The minimum Gasteiger partial charge on any atom is -0.370 e. The minimum atomic E-state index is 0. The fraction of sp³-hybridized carbons (Fsp3) is 0.450. The average molecular weight is 495 g/mol. The van der Waals surface area contributed by atoms with E-state index < -0.39 is 0 Å². The molecule has 152 valence electrons. The molecular weight excluding hydrogens is 465 g/mol. The van der Waals surface area contributed by atoms with E-state index >= 15 is 0 Å². The van der Waals surface area contributed by atoms with Crippen molar-refractivity contribution in [3.8, 4) is 0 Å². The average Bonchev–Trinajstić information content (AvgIpc) is 2.69. The molecule has 0 amide bonds. The summed E-state index contributed by atoms with van der Waals surface area (Å²) in [4.78, 5) is 17.8. The fourth-order valence-corrected chi connectivity index (χ4v) is 3.13. The van der Waals surface area contributed by atoms with Crippen molar-refractivity contribution in [2.24, 2.45) is 10.7 Å². The number of hydrogen-bond donors (Lipinski definition) is 2. The number of rotatable bonds is 6. The van der Waals surface area contributed by atoms with Crippen molar-refractivity contribution in [1.82, 2.24) is 14.9 Å². The number of benzene rings is 1. The monoisotopic (exact) mass is 495 g/mol. The Labute approximate surface area is 184 Å². The van der Waals surface area contributed by atoms with Gasteiger partial charge in [0.25, 0.3) is 0 Å². The fourth-order valence-electron chi connectivity index (χ4n) is 3.13. The Kier molecular flexibility index (Phi) is 8.91. The van der Waals surface area contributed by atoms with Crippen LogP contribution in [0, 0.1) is 13.8 Å². The maximum atomic E-state index is 6.00. The highest BCUT2D eigenvalue weighted by Crippen LogP contribution is 2.14. The van der Waals surface area contributed by atoms with Gasteiger partial charge in [-0.05, 0) is 49.6 Å². The summed E-state index contributed by atoms with van der Waals surface area (Å²) in [5, 5.41) is 3.17. The van der Waals surface area contributed by atoms with Gasteiger partial charge in [-0.2, -0.15) is 0 Å². The van der Waals surface area contributed by atoms with E-state index in [-0.39, 0.29) is 24.0 Å². The summed E-state index contributed by atoms with van der Waals surface area (Å²) in [5.41, 5.74) is 9.50. The van der Waals surface area contributed by atoms with Crippen molar-refractivity contribution < 1.29 is 0 Å². The molecule has 1 aliphatic rings. The summed E-state index contributed by atoms with van der Waals surface area (Å²) in [6, 6.07) is 8.06. The number of aryl methyl sites for hydroxylation is 2. The highest BCUT2D eigenvalue weighted by molar-refractivity contribution is 14.0. The van der Waals surface area contributed by atoms with Crippen molar-refractivity contribution >= 4 is 41.6 Å². The van der Waals surface area contributed by atoms with Crippen molar-refractivity contribution in [1.29, 1.82) is 0 Å². The molecule has 0 radical (unpaired) electrons. The number of aliphatic imine (C=N–C) groups is 1. The van der Waals surface area contributed by atoms with Crippen molar-refractivity contribution in [2.45, 2.75) is 20.3 Å². The van der Waals surface area contributed by atoms with Gasteiger partial charge in [-0.3, -0.25) is 9.89 Å². The quantitative estimate of drug-likeness (QED) is 0.278. The number of anilines is 2. The second kappa shape index (κ2) is 11.2. The molecule has 0 saturated carbocycles. The molecule has 0 aliphatic carbocycles. The molecule has 7 nitrogen and oxygen atoms in total. The molecule has 8 heteroatoms. The number of aromatic nitrogens is 2. The van der Waals surface area contributed by atoms with E-state index in [1.165, 1.54) is 11.1 Å². The van der Waals surface area contributed by atoms with Crippen molar-refractivity contribution in [3.63, 3.8) is 0 Å². The Balaban J connectivity index is 0.00000280. The third-order valence-corrected chi connectivity index (χ3v) is 4.90. The van der Waals surface area contributed by atoms with Crippen LogP contribution in [0.25, 0.3) is 0 Å². The maximum absolute atomic E-state index is 6.00. The Morgan fingerprint density at radius 3 is 2.50 bits per heavy atom. The molecule has 0 atom stereocenters. The third kappa shape index (κ3) is 6.59. The summed E-state index contributed by atoms with van der Waals surface area (Å²) < 4.78 is 0. The van der Waals surface area contributed by atoms with Gasteiger partial charge in [0.05, 0.1) is 0 Å². The van der Waals surface area contributed by atoms with Gasteiger partial charge in [0.2, 0.25) is 5.95 Å². The molecule has 3 N–H and O–H groups in total. The zero-order chi connectivity index (χ0) is 19.1.